The van der Waals surface area contributed by atoms with Crippen LogP contribution in [0.15, 0.2) is 24.3 Å². The molecule has 1 N–H and O–H groups in total. The Morgan fingerprint density at radius 2 is 1.82 bits per heavy atom. The Labute approximate surface area is 136 Å². The number of ether oxygens (including phenoxy) is 1. The van der Waals surface area contributed by atoms with Crippen molar-refractivity contribution in [2.75, 3.05) is 13.6 Å². The summed E-state index contributed by atoms with van der Waals surface area (Å²) in [6.45, 7) is 7.30. The van der Waals surface area contributed by atoms with Crippen LogP contribution in [-0.4, -0.2) is 41.9 Å². The van der Waals surface area contributed by atoms with Gasteiger partial charge in [0, 0.05) is 17.6 Å². The van der Waals surface area contributed by atoms with E-state index >= 15 is 0 Å². The third kappa shape index (κ3) is 6.35. The predicted octanol–water partition coefficient (Wildman–Crippen LogP) is 2.48. The summed E-state index contributed by atoms with van der Waals surface area (Å²) in [4.78, 5) is 25.4. The first kappa shape index (κ1) is 18.3. The molecule has 0 aliphatic heterocycles. The Morgan fingerprint density at radius 1 is 1.27 bits per heavy atom. The molecule has 0 spiro atoms. The van der Waals surface area contributed by atoms with Gasteiger partial charge >= 0.3 is 0 Å². The van der Waals surface area contributed by atoms with Gasteiger partial charge in [0.1, 0.15) is 5.75 Å². The third-order valence-electron chi connectivity index (χ3n) is 2.75. The number of rotatable bonds is 5. The topological polar surface area (TPSA) is 58.6 Å². The van der Waals surface area contributed by atoms with Crippen LogP contribution < -0.4 is 10.1 Å². The second kappa shape index (κ2) is 7.49. The molecule has 0 saturated carbocycles. The fourth-order valence-electron chi connectivity index (χ4n) is 1.83. The molecule has 0 saturated heterocycles. The number of hydrogen-bond acceptors (Lipinski definition) is 3. The van der Waals surface area contributed by atoms with E-state index in [2.05, 4.69) is 5.32 Å². The van der Waals surface area contributed by atoms with E-state index in [9.17, 15) is 9.59 Å². The van der Waals surface area contributed by atoms with Crippen LogP contribution in [0.2, 0.25) is 5.02 Å². The van der Waals surface area contributed by atoms with Crippen molar-refractivity contribution in [1.82, 2.24) is 10.2 Å². The Morgan fingerprint density at radius 3 is 2.32 bits per heavy atom. The molecule has 1 rings (SSSR count). The monoisotopic (exact) mass is 326 g/mol. The largest absolute Gasteiger partial charge is 0.481 e. The molecule has 0 unspecified atom stereocenters. The molecule has 6 heteroatoms. The quantitative estimate of drug-likeness (QED) is 0.904. The molecule has 0 heterocycles. The van der Waals surface area contributed by atoms with Gasteiger partial charge in [0.15, 0.2) is 6.10 Å². The van der Waals surface area contributed by atoms with E-state index in [4.69, 9.17) is 16.3 Å². The number of halogens is 1. The second-order valence-corrected chi connectivity index (χ2v) is 6.64. The van der Waals surface area contributed by atoms with Crippen molar-refractivity contribution in [3.8, 4) is 5.75 Å². The van der Waals surface area contributed by atoms with E-state index in [1.54, 1.807) is 38.2 Å². The minimum atomic E-state index is -0.686. The molecule has 5 nitrogen and oxygen atoms in total. The summed E-state index contributed by atoms with van der Waals surface area (Å²) in [5, 5.41) is 3.41. The summed E-state index contributed by atoms with van der Waals surface area (Å²) < 4.78 is 5.55. The van der Waals surface area contributed by atoms with Gasteiger partial charge in [-0.25, -0.2) is 0 Å². The van der Waals surface area contributed by atoms with Crippen molar-refractivity contribution in [3.05, 3.63) is 29.3 Å². The average Bonchev–Trinajstić information content (AvgIpc) is 2.38. The SMILES string of the molecule is C[C@@H](Oc1ccc(Cl)cc1)C(=O)N(C)CC(=O)NC(C)(C)C. The number of likely N-dealkylation sites (N-methyl/N-ethyl adjacent to an activating group) is 1. The van der Waals surface area contributed by atoms with Crippen molar-refractivity contribution in [3.63, 3.8) is 0 Å². The standard InChI is InChI=1S/C16H23ClN2O3/c1-11(22-13-8-6-12(17)7-9-13)15(21)19(5)10-14(20)18-16(2,3)4/h6-9,11H,10H2,1-5H3,(H,18,20)/t11-/m1/s1. The van der Waals surface area contributed by atoms with Crippen molar-refractivity contribution >= 4 is 23.4 Å². The maximum atomic E-state index is 12.2. The van der Waals surface area contributed by atoms with Crippen LogP contribution in [0.3, 0.4) is 0 Å². The first-order valence-electron chi connectivity index (χ1n) is 7.07. The van der Waals surface area contributed by atoms with E-state index in [0.717, 1.165) is 0 Å². The average molecular weight is 327 g/mol. The van der Waals surface area contributed by atoms with E-state index in [1.165, 1.54) is 4.90 Å². The number of carbonyl (C=O) groups excluding carboxylic acids is 2. The summed E-state index contributed by atoms with van der Waals surface area (Å²) >= 11 is 5.80. The van der Waals surface area contributed by atoms with E-state index < -0.39 is 6.10 Å². The smallest absolute Gasteiger partial charge is 0.263 e. The minimum absolute atomic E-state index is 0.00950. The second-order valence-electron chi connectivity index (χ2n) is 6.21. The maximum Gasteiger partial charge on any atom is 0.263 e. The van der Waals surface area contributed by atoms with Crippen molar-refractivity contribution < 1.29 is 14.3 Å². The summed E-state index contributed by atoms with van der Waals surface area (Å²) in [6.07, 6.45) is -0.686. The molecular formula is C16H23ClN2O3. The molecular weight excluding hydrogens is 304 g/mol. The van der Waals surface area contributed by atoms with Gasteiger partial charge in [-0.3, -0.25) is 9.59 Å². The summed E-state index contributed by atoms with van der Waals surface area (Å²) in [7, 11) is 1.58. The van der Waals surface area contributed by atoms with Crippen LogP contribution in [0, 0.1) is 0 Å². The van der Waals surface area contributed by atoms with E-state index in [-0.39, 0.29) is 23.9 Å². The molecule has 22 heavy (non-hydrogen) atoms. The fourth-order valence-corrected chi connectivity index (χ4v) is 1.96. The van der Waals surface area contributed by atoms with Gasteiger partial charge in [-0.2, -0.15) is 0 Å². The first-order chi connectivity index (χ1) is 10.1. The normalized spacial score (nSPS) is 12.5. The van der Waals surface area contributed by atoms with Crippen molar-refractivity contribution in [1.29, 1.82) is 0 Å². The Kier molecular flexibility index (Phi) is 6.23. The number of nitrogens with zero attached hydrogens (tertiary/aromatic N) is 1. The van der Waals surface area contributed by atoms with E-state index in [0.29, 0.717) is 10.8 Å². The van der Waals surface area contributed by atoms with Crippen molar-refractivity contribution in [2.24, 2.45) is 0 Å². The Hall–Kier alpha value is -1.75. The van der Waals surface area contributed by atoms with Crippen LogP contribution >= 0.6 is 11.6 Å². The molecule has 0 aliphatic rings. The van der Waals surface area contributed by atoms with E-state index in [1.807, 2.05) is 20.8 Å². The summed E-state index contributed by atoms with van der Waals surface area (Å²) in [5.41, 5.74) is -0.327. The van der Waals surface area contributed by atoms with Gasteiger partial charge < -0.3 is 15.0 Å². The lowest BCUT2D eigenvalue weighted by atomic mass is 10.1. The fraction of sp³-hybridized carbons (Fsp3) is 0.500. The number of nitrogens with one attached hydrogen (secondary N) is 1. The first-order valence-corrected chi connectivity index (χ1v) is 7.44. The van der Waals surface area contributed by atoms with Crippen molar-refractivity contribution in [2.45, 2.75) is 39.3 Å². The van der Waals surface area contributed by atoms with Gasteiger partial charge in [0.25, 0.3) is 5.91 Å². The maximum absolute atomic E-state index is 12.2. The number of benzene rings is 1. The zero-order valence-electron chi connectivity index (χ0n) is 13.6. The van der Waals surface area contributed by atoms with Gasteiger partial charge in [-0.05, 0) is 52.0 Å². The Balaban J connectivity index is 2.54. The highest BCUT2D eigenvalue weighted by atomic mass is 35.5. The highest BCUT2D eigenvalue weighted by molar-refractivity contribution is 6.30. The van der Waals surface area contributed by atoms with Crippen LogP contribution in [0.25, 0.3) is 0 Å². The van der Waals surface area contributed by atoms with Gasteiger partial charge in [-0.15, -0.1) is 0 Å². The molecule has 0 aliphatic carbocycles. The molecule has 122 valence electrons. The molecule has 0 bridgehead atoms. The highest BCUT2D eigenvalue weighted by Crippen LogP contribution is 2.17. The van der Waals surface area contributed by atoms with Crippen LogP contribution in [-0.2, 0) is 9.59 Å². The zero-order chi connectivity index (χ0) is 16.9. The zero-order valence-corrected chi connectivity index (χ0v) is 14.4. The third-order valence-corrected chi connectivity index (χ3v) is 3.00. The highest BCUT2D eigenvalue weighted by Gasteiger charge is 2.22. The molecule has 1 atom stereocenters. The van der Waals surface area contributed by atoms with Crippen LogP contribution in [0.4, 0.5) is 0 Å². The summed E-state index contributed by atoms with van der Waals surface area (Å²) in [6, 6.07) is 6.76. The summed E-state index contributed by atoms with van der Waals surface area (Å²) in [5.74, 6) is 0.0823. The molecule has 2 amide bonds. The lowest BCUT2D eigenvalue weighted by molar-refractivity contribution is -0.140. The Bertz CT molecular complexity index is 523. The minimum Gasteiger partial charge on any atom is -0.481 e. The molecule has 1 aromatic rings. The number of hydrogen-bond donors (Lipinski definition) is 1. The lowest BCUT2D eigenvalue weighted by Crippen LogP contribution is -2.48. The van der Waals surface area contributed by atoms with Gasteiger partial charge in [-0.1, -0.05) is 11.6 Å². The molecule has 1 aromatic carbocycles. The lowest BCUT2D eigenvalue weighted by Gasteiger charge is -2.25. The van der Waals surface area contributed by atoms with Crippen LogP contribution in [0.5, 0.6) is 5.75 Å². The molecule has 0 aromatic heterocycles. The van der Waals surface area contributed by atoms with Crippen LogP contribution in [0.1, 0.15) is 27.7 Å². The predicted molar refractivity (Wildman–Crippen MR) is 87.1 cm³/mol. The van der Waals surface area contributed by atoms with Gasteiger partial charge in [0.05, 0.1) is 6.54 Å². The number of carbonyl (C=O) groups is 2. The molecule has 0 fully saturated rings. The number of amides is 2. The van der Waals surface area contributed by atoms with Gasteiger partial charge in [0.2, 0.25) is 5.91 Å². The molecule has 0 radical (unpaired) electrons.